The third kappa shape index (κ3) is 4.50. The number of nitrogens with one attached hydrogen (secondary N) is 1. The van der Waals surface area contributed by atoms with E-state index in [1.807, 2.05) is 31.2 Å². The van der Waals surface area contributed by atoms with E-state index in [-0.39, 0.29) is 5.91 Å². The van der Waals surface area contributed by atoms with Crippen LogP contribution >= 0.6 is 0 Å². The minimum Gasteiger partial charge on any atom is -0.492 e. The van der Waals surface area contributed by atoms with Gasteiger partial charge < -0.3 is 15.0 Å². The molecule has 0 fully saturated rings. The van der Waals surface area contributed by atoms with Crippen molar-refractivity contribution in [1.82, 2.24) is 4.90 Å². The van der Waals surface area contributed by atoms with Crippen molar-refractivity contribution < 1.29 is 9.53 Å². The average Bonchev–Trinajstić information content (AvgIpc) is 2.58. The number of benzene rings is 2. The van der Waals surface area contributed by atoms with E-state index in [1.165, 1.54) is 0 Å². The van der Waals surface area contributed by atoms with Gasteiger partial charge in [0.2, 0.25) is 0 Å². The number of aryl methyl sites for hydroxylation is 1. The Bertz CT molecular complexity index is 763. The van der Waals surface area contributed by atoms with Crippen LogP contribution in [0.1, 0.15) is 21.5 Å². The number of hydrogen-bond acceptors (Lipinski definition) is 4. The predicted molar refractivity (Wildman–Crippen MR) is 94.3 cm³/mol. The van der Waals surface area contributed by atoms with Gasteiger partial charge in [0.25, 0.3) is 5.91 Å². The predicted octanol–water partition coefficient (Wildman–Crippen LogP) is 3.06. The fraction of sp³-hybridized carbons (Fsp3) is 0.263. The number of carbonyl (C=O) groups excluding carboxylic acids is 1. The topological polar surface area (TPSA) is 65.4 Å². The van der Waals surface area contributed by atoms with Gasteiger partial charge in [-0.2, -0.15) is 5.26 Å². The second kappa shape index (κ2) is 8.02. The molecule has 2 rings (SSSR count). The second-order valence-electron chi connectivity index (χ2n) is 5.64. The zero-order valence-electron chi connectivity index (χ0n) is 14.2. The standard InChI is InChI=1S/C19H21N3O2/c1-14-11-16(7-8-18(14)19(23)22(2)3)21-9-10-24-17-6-4-5-15(12-17)13-20/h4-8,11-12,21H,9-10H2,1-3H3. The Labute approximate surface area is 142 Å². The van der Waals surface area contributed by atoms with Crippen LogP contribution in [0.5, 0.6) is 5.75 Å². The van der Waals surface area contributed by atoms with Crippen molar-refractivity contribution in [2.75, 3.05) is 32.6 Å². The van der Waals surface area contributed by atoms with Gasteiger partial charge in [0.05, 0.1) is 11.6 Å². The van der Waals surface area contributed by atoms with Crippen molar-refractivity contribution >= 4 is 11.6 Å². The molecule has 0 saturated heterocycles. The highest BCUT2D eigenvalue weighted by Gasteiger charge is 2.11. The first-order valence-electron chi connectivity index (χ1n) is 7.70. The first kappa shape index (κ1) is 17.4. The molecule has 0 bridgehead atoms. The minimum atomic E-state index is -0.000224. The minimum absolute atomic E-state index is 0.000224. The van der Waals surface area contributed by atoms with E-state index in [4.69, 9.17) is 10.00 Å². The van der Waals surface area contributed by atoms with Gasteiger partial charge in [-0.25, -0.2) is 0 Å². The largest absolute Gasteiger partial charge is 0.492 e. The van der Waals surface area contributed by atoms with E-state index in [0.29, 0.717) is 30.0 Å². The molecule has 5 nitrogen and oxygen atoms in total. The molecule has 0 atom stereocenters. The van der Waals surface area contributed by atoms with Crippen LogP contribution in [-0.4, -0.2) is 38.1 Å². The van der Waals surface area contributed by atoms with Crippen molar-refractivity contribution in [2.45, 2.75) is 6.92 Å². The Morgan fingerprint density at radius 1 is 1.25 bits per heavy atom. The van der Waals surface area contributed by atoms with Crippen molar-refractivity contribution in [3.05, 3.63) is 59.2 Å². The van der Waals surface area contributed by atoms with Crippen LogP contribution < -0.4 is 10.1 Å². The monoisotopic (exact) mass is 323 g/mol. The average molecular weight is 323 g/mol. The van der Waals surface area contributed by atoms with Crippen LogP contribution in [-0.2, 0) is 0 Å². The van der Waals surface area contributed by atoms with E-state index in [9.17, 15) is 4.79 Å². The van der Waals surface area contributed by atoms with Gasteiger partial charge in [0, 0.05) is 31.9 Å². The second-order valence-corrected chi connectivity index (χ2v) is 5.64. The summed E-state index contributed by atoms with van der Waals surface area (Å²) in [5, 5.41) is 12.1. The van der Waals surface area contributed by atoms with Gasteiger partial charge in [0.15, 0.2) is 0 Å². The quantitative estimate of drug-likeness (QED) is 0.830. The molecule has 0 aliphatic carbocycles. The molecule has 0 spiro atoms. The highest BCUT2D eigenvalue weighted by atomic mass is 16.5. The number of nitriles is 1. The van der Waals surface area contributed by atoms with Crippen LogP contribution in [0.25, 0.3) is 0 Å². The summed E-state index contributed by atoms with van der Waals surface area (Å²) in [6.07, 6.45) is 0. The van der Waals surface area contributed by atoms with Gasteiger partial charge in [-0.05, 0) is 48.9 Å². The van der Waals surface area contributed by atoms with E-state index in [2.05, 4.69) is 11.4 Å². The molecule has 0 aromatic heterocycles. The molecular weight excluding hydrogens is 302 g/mol. The molecule has 2 aromatic rings. The Morgan fingerprint density at radius 2 is 2.04 bits per heavy atom. The number of hydrogen-bond donors (Lipinski definition) is 1. The summed E-state index contributed by atoms with van der Waals surface area (Å²) in [6, 6.07) is 14.8. The number of carbonyl (C=O) groups is 1. The van der Waals surface area contributed by atoms with E-state index in [0.717, 1.165) is 11.3 Å². The Morgan fingerprint density at radius 3 is 2.71 bits per heavy atom. The Balaban J connectivity index is 1.87. The maximum atomic E-state index is 12.0. The lowest BCUT2D eigenvalue weighted by Crippen LogP contribution is -2.22. The summed E-state index contributed by atoms with van der Waals surface area (Å²) in [4.78, 5) is 13.6. The first-order chi connectivity index (χ1) is 11.5. The summed E-state index contributed by atoms with van der Waals surface area (Å²) in [7, 11) is 3.49. The Kier molecular flexibility index (Phi) is 5.80. The molecule has 0 aliphatic heterocycles. The van der Waals surface area contributed by atoms with Gasteiger partial charge >= 0.3 is 0 Å². The molecule has 1 N–H and O–H groups in total. The molecule has 124 valence electrons. The van der Waals surface area contributed by atoms with Crippen LogP contribution in [0.2, 0.25) is 0 Å². The maximum absolute atomic E-state index is 12.0. The lowest BCUT2D eigenvalue weighted by atomic mass is 10.1. The van der Waals surface area contributed by atoms with Gasteiger partial charge in [-0.1, -0.05) is 6.07 Å². The lowest BCUT2D eigenvalue weighted by molar-refractivity contribution is 0.0827. The number of rotatable bonds is 6. The van der Waals surface area contributed by atoms with Gasteiger partial charge in [-0.15, -0.1) is 0 Å². The fourth-order valence-electron chi connectivity index (χ4n) is 2.27. The lowest BCUT2D eigenvalue weighted by Gasteiger charge is -2.14. The van der Waals surface area contributed by atoms with Crippen LogP contribution in [0.15, 0.2) is 42.5 Å². The molecule has 0 heterocycles. The first-order valence-corrected chi connectivity index (χ1v) is 7.70. The molecule has 2 aromatic carbocycles. The summed E-state index contributed by atoms with van der Waals surface area (Å²) >= 11 is 0. The smallest absolute Gasteiger partial charge is 0.253 e. The summed E-state index contributed by atoms with van der Waals surface area (Å²) in [6.45, 7) is 3.02. The Hall–Kier alpha value is -3.00. The normalized spacial score (nSPS) is 9.92. The third-order valence-corrected chi connectivity index (χ3v) is 3.53. The molecule has 1 amide bonds. The number of nitrogens with zero attached hydrogens (tertiary/aromatic N) is 2. The number of anilines is 1. The molecule has 24 heavy (non-hydrogen) atoms. The summed E-state index contributed by atoms with van der Waals surface area (Å²) in [5.74, 6) is 0.679. The van der Waals surface area contributed by atoms with E-state index < -0.39 is 0 Å². The van der Waals surface area contributed by atoms with Crippen molar-refractivity contribution in [2.24, 2.45) is 0 Å². The van der Waals surface area contributed by atoms with Crippen molar-refractivity contribution in [3.63, 3.8) is 0 Å². The SMILES string of the molecule is Cc1cc(NCCOc2cccc(C#N)c2)ccc1C(=O)N(C)C. The zero-order valence-corrected chi connectivity index (χ0v) is 14.2. The van der Waals surface area contributed by atoms with Crippen LogP contribution in [0.4, 0.5) is 5.69 Å². The fourth-order valence-corrected chi connectivity index (χ4v) is 2.27. The zero-order chi connectivity index (χ0) is 17.5. The highest BCUT2D eigenvalue weighted by molar-refractivity contribution is 5.95. The number of amides is 1. The van der Waals surface area contributed by atoms with Crippen LogP contribution in [0, 0.1) is 18.3 Å². The molecule has 0 unspecified atom stereocenters. The maximum Gasteiger partial charge on any atom is 0.253 e. The third-order valence-electron chi connectivity index (χ3n) is 3.53. The molecule has 5 heteroatoms. The van der Waals surface area contributed by atoms with Crippen molar-refractivity contribution in [3.8, 4) is 11.8 Å². The van der Waals surface area contributed by atoms with E-state index >= 15 is 0 Å². The van der Waals surface area contributed by atoms with E-state index in [1.54, 1.807) is 37.2 Å². The highest BCUT2D eigenvalue weighted by Crippen LogP contribution is 2.16. The summed E-state index contributed by atoms with van der Waals surface area (Å²) < 4.78 is 5.62. The van der Waals surface area contributed by atoms with Gasteiger partial charge in [0.1, 0.15) is 12.4 Å². The molecule has 0 saturated carbocycles. The van der Waals surface area contributed by atoms with Crippen LogP contribution in [0.3, 0.4) is 0 Å². The van der Waals surface area contributed by atoms with Crippen molar-refractivity contribution in [1.29, 1.82) is 5.26 Å². The van der Waals surface area contributed by atoms with Gasteiger partial charge in [-0.3, -0.25) is 4.79 Å². The molecule has 0 aliphatic rings. The molecular formula is C19H21N3O2. The molecule has 0 radical (unpaired) electrons. The number of ether oxygens (including phenoxy) is 1. The summed E-state index contributed by atoms with van der Waals surface area (Å²) in [5.41, 5.74) is 3.16.